The van der Waals surface area contributed by atoms with Crippen LogP contribution >= 0.6 is 25.1 Å². The minimum absolute atomic E-state index is 0. The number of hydrogen-bond donors (Lipinski definition) is 1. The van der Waals surface area contributed by atoms with Gasteiger partial charge in [0.15, 0.2) is 17.2 Å². The summed E-state index contributed by atoms with van der Waals surface area (Å²) in [5.74, 6) is 1.04. The molecule has 0 spiro atoms. The quantitative estimate of drug-likeness (QED) is 0.394. The van der Waals surface area contributed by atoms with Crippen molar-refractivity contribution in [1.82, 2.24) is 33.8 Å². The van der Waals surface area contributed by atoms with Gasteiger partial charge in [0, 0.05) is 18.8 Å². The maximum Gasteiger partial charge on any atom is 0.284 e. The van der Waals surface area contributed by atoms with Gasteiger partial charge in [-0.15, -0.1) is 0 Å². The highest BCUT2D eigenvalue weighted by atomic mass is 35.5. The second-order valence-electron chi connectivity index (χ2n) is 7.94. The van der Waals surface area contributed by atoms with E-state index in [9.17, 15) is 10.1 Å². The molecular formula is C22H19ClN10OS. The van der Waals surface area contributed by atoms with Crippen molar-refractivity contribution in [2.24, 2.45) is 0 Å². The lowest BCUT2D eigenvalue weighted by Gasteiger charge is -2.27. The van der Waals surface area contributed by atoms with E-state index in [1.54, 1.807) is 22.9 Å². The van der Waals surface area contributed by atoms with Crippen molar-refractivity contribution >= 4 is 48.2 Å². The third-order valence-corrected chi connectivity index (χ3v) is 6.23. The zero-order valence-electron chi connectivity index (χ0n) is 18.2. The van der Waals surface area contributed by atoms with Gasteiger partial charge in [0.25, 0.3) is 5.56 Å². The first-order chi connectivity index (χ1) is 16.5. The monoisotopic (exact) mass is 506 g/mol. The van der Waals surface area contributed by atoms with Crippen LogP contribution in [0.15, 0.2) is 53.5 Å². The summed E-state index contributed by atoms with van der Waals surface area (Å²) in [5.41, 5.74) is 7.33. The van der Waals surface area contributed by atoms with Crippen molar-refractivity contribution in [3.63, 3.8) is 0 Å². The molecule has 11 nitrogen and oxygen atoms in total. The highest BCUT2D eigenvalue weighted by Gasteiger charge is 2.34. The molecule has 5 aromatic rings. The van der Waals surface area contributed by atoms with Crippen LogP contribution in [0.2, 0.25) is 5.02 Å². The lowest BCUT2D eigenvalue weighted by atomic mass is 10.2. The lowest BCUT2D eigenvalue weighted by molar-refractivity contribution is 0.591. The van der Waals surface area contributed by atoms with Crippen LogP contribution in [0.25, 0.3) is 16.9 Å². The van der Waals surface area contributed by atoms with Gasteiger partial charge in [-0.25, -0.2) is 4.52 Å². The summed E-state index contributed by atoms with van der Waals surface area (Å²) in [6, 6.07) is 14.2. The second kappa shape index (κ2) is 8.61. The number of benzene rings is 1. The first kappa shape index (κ1) is 22.7. The van der Waals surface area contributed by atoms with Gasteiger partial charge in [0.1, 0.15) is 11.6 Å². The molecule has 176 valence electrons. The number of rotatable bonds is 3. The Morgan fingerprint density at radius 1 is 1.14 bits per heavy atom. The number of aromatic nitrogens is 7. The Kier molecular flexibility index (Phi) is 5.58. The molecule has 0 bridgehead atoms. The molecule has 0 aliphatic carbocycles. The van der Waals surface area contributed by atoms with E-state index in [-0.39, 0.29) is 36.7 Å². The number of para-hydroxylation sites is 1. The van der Waals surface area contributed by atoms with Crippen LogP contribution < -0.4 is 16.2 Å². The summed E-state index contributed by atoms with van der Waals surface area (Å²) in [7, 11) is 0. The zero-order chi connectivity index (χ0) is 23.4. The Bertz CT molecular complexity index is 1670. The van der Waals surface area contributed by atoms with Crippen LogP contribution in [0, 0.1) is 11.3 Å². The summed E-state index contributed by atoms with van der Waals surface area (Å²) in [5, 5.41) is 18.8. The standard InChI is InChI=1S/C22H17ClN10O.H2S/c23-15-8-10-31-18(15)20(34)32(14-5-2-1-3-6-14)19(29-31)16-7-4-9-30(16)22-27-21(25)26-17-11-13(12-24)28-33(17)22;/h1-3,5-6,8,10-11,16H,4,7,9H2,(H2,25,26);1H2/t16-;/m0./s1. The number of nitrogens with two attached hydrogens (primary N) is 1. The smallest absolute Gasteiger partial charge is 0.284 e. The average Bonchev–Trinajstić information content (AvgIpc) is 3.57. The zero-order valence-corrected chi connectivity index (χ0v) is 20.0. The van der Waals surface area contributed by atoms with Crippen molar-refractivity contribution < 1.29 is 0 Å². The van der Waals surface area contributed by atoms with Crippen molar-refractivity contribution in [3.8, 4) is 11.8 Å². The molecule has 4 aromatic heterocycles. The molecule has 1 aliphatic heterocycles. The Morgan fingerprint density at radius 3 is 2.71 bits per heavy atom. The number of nitrogen functional groups attached to an aromatic ring is 1. The number of hydrogen-bond acceptors (Lipinski definition) is 8. The summed E-state index contributed by atoms with van der Waals surface area (Å²) in [4.78, 5) is 24.3. The third-order valence-electron chi connectivity index (χ3n) is 5.92. The minimum atomic E-state index is -0.314. The number of nitriles is 1. The summed E-state index contributed by atoms with van der Waals surface area (Å²) < 4.78 is 4.61. The maximum atomic E-state index is 13.6. The molecule has 1 atom stereocenters. The van der Waals surface area contributed by atoms with E-state index in [1.165, 1.54) is 9.03 Å². The minimum Gasteiger partial charge on any atom is -0.368 e. The van der Waals surface area contributed by atoms with Crippen LogP contribution in [0.5, 0.6) is 0 Å². The van der Waals surface area contributed by atoms with Crippen molar-refractivity contribution in [3.05, 3.63) is 75.6 Å². The maximum absolute atomic E-state index is 13.6. The normalized spacial score (nSPS) is 15.4. The first-order valence-electron chi connectivity index (χ1n) is 10.6. The number of anilines is 2. The summed E-state index contributed by atoms with van der Waals surface area (Å²) in [6.45, 7) is 0.632. The van der Waals surface area contributed by atoms with Gasteiger partial charge >= 0.3 is 0 Å². The Balaban J connectivity index is 0.00000253. The van der Waals surface area contributed by atoms with Crippen molar-refractivity contribution in [2.45, 2.75) is 18.9 Å². The molecule has 1 fully saturated rings. The summed E-state index contributed by atoms with van der Waals surface area (Å²) in [6.07, 6.45) is 3.22. The number of nitrogens with zero attached hydrogens (tertiary/aromatic N) is 9. The van der Waals surface area contributed by atoms with Gasteiger partial charge in [-0.05, 0) is 31.0 Å². The lowest BCUT2D eigenvalue weighted by Crippen LogP contribution is -2.34. The number of halogens is 1. The van der Waals surface area contributed by atoms with E-state index in [1.807, 2.05) is 41.3 Å². The second-order valence-corrected chi connectivity index (χ2v) is 8.34. The highest BCUT2D eigenvalue weighted by molar-refractivity contribution is 7.59. The largest absolute Gasteiger partial charge is 0.368 e. The third kappa shape index (κ3) is 3.56. The SMILES string of the molecule is N#Cc1cc2nc(N)nc(N3CCC[C@H]3c3nn4ccc(Cl)c4c(=O)n3-c3ccccc3)n2n1.S. The van der Waals surface area contributed by atoms with Gasteiger partial charge in [-0.1, -0.05) is 29.8 Å². The van der Waals surface area contributed by atoms with E-state index in [2.05, 4.69) is 15.1 Å². The predicted octanol–water partition coefficient (Wildman–Crippen LogP) is 2.48. The first-order valence-corrected chi connectivity index (χ1v) is 11.0. The van der Waals surface area contributed by atoms with E-state index < -0.39 is 0 Å². The van der Waals surface area contributed by atoms with Gasteiger partial charge in [0.05, 0.1) is 16.8 Å². The van der Waals surface area contributed by atoms with Crippen LogP contribution in [0.3, 0.4) is 0 Å². The molecule has 1 saturated heterocycles. The van der Waals surface area contributed by atoms with Crippen LogP contribution in [-0.2, 0) is 0 Å². The molecule has 35 heavy (non-hydrogen) atoms. The topological polar surface area (TPSA) is 135 Å². The van der Waals surface area contributed by atoms with E-state index >= 15 is 0 Å². The van der Waals surface area contributed by atoms with Gasteiger partial charge in [0.2, 0.25) is 11.9 Å². The van der Waals surface area contributed by atoms with Gasteiger partial charge < -0.3 is 10.6 Å². The van der Waals surface area contributed by atoms with E-state index in [4.69, 9.17) is 22.4 Å². The molecule has 0 saturated carbocycles. The van der Waals surface area contributed by atoms with Crippen LogP contribution in [0.1, 0.15) is 30.4 Å². The molecular weight excluding hydrogens is 488 g/mol. The highest BCUT2D eigenvalue weighted by Crippen LogP contribution is 2.35. The Labute approximate surface area is 210 Å². The molecule has 13 heteroatoms. The molecule has 2 N–H and O–H groups in total. The van der Waals surface area contributed by atoms with Crippen LogP contribution in [-0.4, -0.2) is 40.3 Å². The van der Waals surface area contributed by atoms with Crippen molar-refractivity contribution in [1.29, 1.82) is 5.26 Å². The fraction of sp³-hybridized carbons (Fsp3) is 0.182. The van der Waals surface area contributed by atoms with Gasteiger partial charge in [-0.2, -0.15) is 43.4 Å². The molecule has 1 aromatic carbocycles. The predicted molar refractivity (Wildman–Crippen MR) is 135 cm³/mol. The molecule has 0 unspecified atom stereocenters. The van der Waals surface area contributed by atoms with Crippen molar-refractivity contribution in [2.75, 3.05) is 17.2 Å². The summed E-state index contributed by atoms with van der Waals surface area (Å²) >= 11 is 6.32. The molecule has 0 radical (unpaired) electrons. The molecule has 1 aliphatic rings. The fourth-order valence-corrected chi connectivity index (χ4v) is 4.72. The Morgan fingerprint density at radius 2 is 1.94 bits per heavy atom. The average molecular weight is 507 g/mol. The Hall–Kier alpha value is -4.08. The molecule has 6 rings (SSSR count). The fourth-order valence-electron chi connectivity index (χ4n) is 4.50. The van der Waals surface area contributed by atoms with Crippen LogP contribution in [0.4, 0.5) is 11.9 Å². The molecule has 0 amide bonds. The van der Waals surface area contributed by atoms with Gasteiger partial charge in [-0.3, -0.25) is 9.36 Å². The molecule has 5 heterocycles. The van der Waals surface area contributed by atoms with E-state index in [0.717, 1.165) is 12.8 Å². The number of fused-ring (bicyclic) bond motifs is 2. The van der Waals surface area contributed by atoms with E-state index in [0.29, 0.717) is 40.2 Å².